The molecule has 1 heterocycles. The highest BCUT2D eigenvalue weighted by Gasteiger charge is 2.03. The predicted molar refractivity (Wildman–Crippen MR) is 57.0 cm³/mol. The van der Waals surface area contributed by atoms with Crippen LogP contribution in [0.2, 0.25) is 0 Å². The Labute approximate surface area is 87.0 Å². The van der Waals surface area contributed by atoms with Gasteiger partial charge in [0.25, 0.3) is 0 Å². The Morgan fingerprint density at radius 1 is 1.50 bits per heavy atom. The van der Waals surface area contributed by atoms with E-state index < -0.39 is 0 Å². The number of hydrogen-bond donors (Lipinski definition) is 2. The summed E-state index contributed by atoms with van der Waals surface area (Å²) in [5.74, 6) is 0.659. The quantitative estimate of drug-likeness (QED) is 0.558. The summed E-state index contributed by atoms with van der Waals surface area (Å²) in [6.45, 7) is 1.79. The molecule has 5 heteroatoms. The van der Waals surface area contributed by atoms with Gasteiger partial charge < -0.3 is 10.2 Å². The van der Waals surface area contributed by atoms with Crippen LogP contribution in [-0.2, 0) is 0 Å². The number of nitrogens with zero attached hydrogens (tertiary/aromatic N) is 1. The highest BCUT2D eigenvalue weighted by Crippen LogP contribution is 2.16. The average molecular weight is 212 g/mol. The number of rotatable bonds is 1. The van der Waals surface area contributed by atoms with Crippen molar-refractivity contribution < 1.29 is 4.42 Å². The lowest BCUT2D eigenvalue weighted by molar-refractivity contribution is 0.561. The third kappa shape index (κ3) is 1.70. The minimum Gasteiger partial charge on any atom is -0.441 e. The molecular formula is C9H10ClN3O. The maximum atomic E-state index is 7.23. The van der Waals surface area contributed by atoms with E-state index in [1.165, 1.54) is 0 Å². The number of nitrogen functional groups attached to an aromatic ring is 1. The zero-order valence-electron chi connectivity index (χ0n) is 7.57. The van der Waals surface area contributed by atoms with Crippen molar-refractivity contribution in [3.8, 4) is 0 Å². The predicted octanol–water partition coefficient (Wildman–Crippen LogP) is 1.84. The Balaban J connectivity index is 0.000000980. The summed E-state index contributed by atoms with van der Waals surface area (Å²) < 4.78 is 5.30. The van der Waals surface area contributed by atoms with E-state index in [0.29, 0.717) is 17.0 Å². The van der Waals surface area contributed by atoms with Crippen LogP contribution in [0.3, 0.4) is 0 Å². The molecule has 0 fully saturated rings. The van der Waals surface area contributed by atoms with Crippen LogP contribution in [0.25, 0.3) is 11.1 Å². The molecule has 2 rings (SSSR count). The minimum absolute atomic E-state index is 0. The van der Waals surface area contributed by atoms with Gasteiger partial charge in [0.05, 0.1) is 0 Å². The van der Waals surface area contributed by atoms with Crippen molar-refractivity contribution in [2.75, 3.05) is 0 Å². The summed E-state index contributed by atoms with van der Waals surface area (Å²) in [4.78, 5) is 4.14. The smallest absolute Gasteiger partial charge is 0.192 e. The fourth-order valence-electron chi connectivity index (χ4n) is 1.21. The zero-order valence-corrected chi connectivity index (χ0v) is 8.39. The van der Waals surface area contributed by atoms with Gasteiger partial charge in [-0.3, -0.25) is 5.41 Å². The second kappa shape index (κ2) is 3.67. The van der Waals surface area contributed by atoms with E-state index in [1.807, 2.05) is 0 Å². The second-order valence-electron chi connectivity index (χ2n) is 2.83. The molecule has 0 unspecified atom stereocenters. The van der Waals surface area contributed by atoms with Crippen LogP contribution in [0.5, 0.6) is 0 Å². The third-order valence-electron chi connectivity index (χ3n) is 1.81. The lowest BCUT2D eigenvalue weighted by Gasteiger charge is -1.95. The van der Waals surface area contributed by atoms with Gasteiger partial charge in [0.15, 0.2) is 11.5 Å². The number of hydrogen-bond acceptors (Lipinski definition) is 3. The van der Waals surface area contributed by atoms with E-state index in [2.05, 4.69) is 4.98 Å². The zero-order chi connectivity index (χ0) is 9.42. The molecule has 2 aromatic rings. The van der Waals surface area contributed by atoms with E-state index in [-0.39, 0.29) is 18.2 Å². The summed E-state index contributed by atoms with van der Waals surface area (Å²) in [5.41, 5.74) is 7.45. The maximum Gasteiger partial charge on any atom is 0.192 e. The molecule has 74 valence electrons. The van der Waals surface area contributed by atoms with Gasteiger partial charge in [-0.05, 0) is 18.2 Å². The number of nitrogens with one attached hydrogen (secondary N) is 1. The Kier molecular flexibility index (Phi) is 2.76. The minimum atomic E-state index is 0. The lowest BCUT2D eigenvalue weighted by atomic mass is 10.2. The monoisotopic (exact) mass is 211 g/mol. The van der Waals surface area contributed by atoms with Crippen molar-refractivity contribution in [1.29, 1.82) is 5.41 Å². The van der Waals surface area contributed by atoms with Crippen LogP contribution >= 0.6 is 12.4 Å². The lowest BCUT2D eigenvalue weighted by Crippen LogP contribution is -2.10. The molecule has 3 N–H and O–H groups in total. The number of oxazole rings is 1. The van der Waals surface area contributed by atoms with Crippen LogP contribution in [0.1, 0.15) is 11.5 Å². The van der Waals surface area contributed by atoms with Crippen molar-refractivity contribution in [2.45, 2.75) is 6.92 Å². The normalized spacial score (nSPS) is 9.79. The van der Waals surface area contributed by atoms with Crippen molar-refractivity contribution in [3.05, 3.63) is 29.7 Å². The number of benzene rings is 1. The SMILES string of the molecule is Cc1nc2ccc(C(=N)N)cc2o1.Cl. The number of aryl methyl sites for hydroxylation is 1. The number of fused-ring (bicyclic) bond motifs is 1. The Hall–Kier alpha value is -1.55. The van der Waals surface area contributed by atoms with Crippen molar-refractivity contribution in [2.24, 2.45) is 5.73 Å². The van der Waals surface area contributed by atoms with Gasteiger partial charge in [-0.2, -0.15) is 0 Å². The first-order chi connectivity index (χ1) is 6.16. The molecule has 14 heavy (non-hydrogen) atoms. The van der Waals surface area contributed by atoms with Gasteiger partial charge >= 0.3 is 0 Å². The second-order valence-corrected chi connectivity index (χ2v) is 2.83. The van der Waals surface area contributed by atoms with Gasteiger partial charge in [0, 0.05) is 12.5 Å². The molecule has 0 aliphatic carbocycles. The number of aromatic nitrogens is 1. The Morgan fingerprint density at radius 2 is 2.21 bits per heavy atom. The summed E-state index contributed by atoms with van der Waals surface area (Å²) >= 11 is 0. The van der Waals surface area contributed by atoms with Gasteiger partial charge in [-0.15, -0.1) is 12.4 Å². The highest BCUT2D eigenvalue weighted by atomic mass is 35.5. The van der Waals surface area contributed by atoms with Crippen LogP contribution < -0.4 is 5.73 Å². The van der Waals surface area contributed by atoms with E-state index in [4.69, 9.17) is 15.6 Å². The van der Waals surface area contributed by atoms with Gasteiger partial charge in [-0.25, -0.2) is 4.98 Å². The molecule has 0 spiro atoms. The number of halogens is 1. The van der Waals surface area contributed by atoms with Crippen LogP contribution in [0.4, 0.5) is 0 Å². The fourth-order valence-corrected chi connectivity index (χ4v) is 1.21. The fraction of sp³-hybridized carbons (Fsp3) is 0.111. The molecule has 0 radical (unpaired) electrons. The largest absolute Gasteiger partial charge is 0.441 e. The van der Waals surface area contributed by atoms with Crippen LogP contribution in [-0.4, -0.2) is 10.8 Å². The Bertz CT molecular complexity index is 478. The highest BCUT2D eigenvalue weighted by molar-refractivity contribution is 5.97. The average Bonchev–Trinajstić information content (AvgIpc) is 2.42. The van der Waals surface area contributed by atoms with Gasteiger partial charge in [-0.1, -0.05) is 0 Å². The molecule has 1 aromatic carbocycles. The van der Waals surface area contributed by atoms with E-state index in [9.17, 15) is 0 Å². The van der Waals surface area contributed by atoms with Gasteiger partial charge in [0.2, 0.25) is 0 Å². The van der Waals surface area contributed by atoms with Gasteiger partial charge in [0.1, 0.15) is 11.4 Å². The molecule has 0 atom stereocenters. The van der Waals surface area contributed by atoms with E-state index >= 15 is 0 Å². The molecular weight excluding hydrogens is 202 g/mol. The number of nitrogens with two attached hydrogens (primary N) is 1. The standard InChI is InChI=1S/C9H9N3O.ClH/c1-5-12-7-3-2-6(9(10)11)4-8(7)13-5;/h2-4H,1H3,(H3,10,11);1H. The molecule has 0 amide bonds. The first-order valence-electron chi connectivity index (χ1n) is 3.88. The molecule has 4 nitrogen and oxygen atoms in total. The maximum absolute atomic E-state index is 7.23. The van der Waals surface area contributed by atoms with E-state index in [1.54, 1.807) is 25.1 Å². The van der Waals surface area contributed by atoms with Crippen molar-refractivity contribution >= 4 is 29.3 Å². The van der Waals surface area contributed by atoms with Crippen molar-refractivity contribution in [3.63, 3.8) is 0 Å². The Morgan fingerprint density at radius 3 is 2.86 bits per heavy atom. The topological polar surface area (TPSA) is 75.9 Å². The molecule has 0 saturated heterocycles. The third-order valence-corrected chi connectivity index (χ3v) is 1.81. The molecule has 0 aliphatic rings. The number of amidine groups is 1. The summed E-state index contributed by atoms with van der Waals surface area (Å²) in [6, 6.07) is 5.27. The van der Waals surface area contributed by atoms with Crippen LogP contribution in [0.15, 0.2) is 22.6 Å². The van der Waals surface area contributed by atoms with Crippen molar-refractivity contribution in [1.82, 2.24) is 4.98 Å². The molecule has 0 bridgehead atoms. The molecule has 1 aromatic heterocycles. The first kappa shape index (κ1) is 10.5. The summed E-state index contributed by atoms with van der Waals surface area (Å²) in [5, 5.41) is 7.23. The molecule has 0 aliphatic heterocycles. The summed E-state index contributed by atoms with van der Waals surface area (Å²) in [6.07, 6.45) is 0. The summed E-state index contributed by atoms with van der Waals surface area (Å²) in [7, 11) is 0. The molecule has 0 saturated carbocycles. The van der Waals surface area contributed by atoms with E-state index in [0.717, 1.165) is 5.52 Å². The van der Waals surface area contributed by atoms with Crippen LogP contribution in [0, 0.1) is 12.3 Å². The first-order valence-corrected chi connectivity index (χ1v) is 3.88.